The Morgan fingerprint density at radius 1 is 0.671 bits per heavy atom. The monoisotopic (exact) mass is 1010 g/mol. The summed E-state index contributed by atoms with van der Waals surface area (Å²) in [4.78, 5) is 125. The molecule has 22 nitrogen and oxygen atoms in total. The average molecular weight is 1010 g/mol. The molecule has 0 fully saturated rings. The second-order valence-electron chi connectivity index (χ2n) is 17.6. The van der Waals surface area contributed by atoms with Crippen LogP contribution in [0.3, 0.4) is 0 Å². The first-order valence-corrected chi connectivity index (χ1v) is 25.1. The number of carbonyl (C=O) groups excluding carboxylic acids is 8. The number of hydrogen-bond acceptors (Lipinski definition) is 15. The number of benzene rings is 1. The number of amides is 5. The lowest BCUT2D eigenvalue weighted by atomic mass is 9.88. The fourth-order valence-corrected chi connectivity index (χ4v) is 7.85. The molecule has 0 aliphatic carbocycles. The highest BCUT2D eigenvalue weighted by atomic mass is 32.2. The van der Waals surface area contributed by atoms with Gasteiger partial charge in [-0.2, -0.15) is 11.8 Å². The van der Waals surface area contributed by atoms with Crippen molar-refractivity contribution in [2.24, 2.45) is 51.6 Å². The van der Waals surface area contributed by atoms with Gasteiger partial charge in [-0.1, -0.05) is 45.2 Å². The number of nitrogens with zero attached hydrogens (tertiary/aromatic N) is 1. The van der Waals surface area contributed by atoms with Gasteiger partial charge in [0, 0.05) is 37.6 Å². The molecule has 0 aliphatic rings. The van der Waals surface area contributed by atoms with Crippen LogP contribution in [0.25, 0.3) is 0 Å². The summed E-state index contributed by atoms with van der Waals surface area (Å²) in [6.45, 7) is 4.45. The van der Waals surface area contributed by atoms with Gasteiger partial charge in [-0.3, -0.25) is 48.1 Å². The van der Waals surface area contributed by atoms with Gasteiger partial charge >= 0.3 is 5.97 Å². The van der Waals surface area contributed by atoms with Gasteiger partial charge in [0.25, 0.3) is 0 Å². The summed E-state index contributed by atoms with van der Waals surface area (Å²) in [5.41, 5.74) is 22.8. The summed E-state index contributed by atoms with van der Waals surface area (Å²) in [5, 5.41) is 50.2. The fourth-order valence-electron chi connectivity index (χ4n) is 7.38. The molecular weight excluding hydrogens is 931 g/mol. The maximum atomic E-state index is 14.4. The van der Waals surface area contributed by atoms with Gasteiger partial charge in [0.15, 0.2) is 23.3 Å². The number of aliphatic carboxylic acids is 1. The number of aromatic hydroxyl groups is 1. The summed E-state index contributed by atoms with van der Waals surface area (Å²) in [7, 11) is 0. The Labute approximate surface area is 414 Å². The van der Waals surface area contributed by atoms with E-state index >= 15 is 0 Å². The van der Waals surface area contributed by atoms with E-state index in [1.165, 1.54) is 49.9 Å². The number of hydrogen-bond donors (Lipinski definition) is 12. The van der Waals surface area contributed by atoms with E-state index in [2.05, 4.69) is 26.3 Å². The van der Waals surface area contributed by atoms with Gasteiger partial charge in [-0.15, -0.1) is 0 Å². The van der Waals surface area contributed by atoms with Crippen LogP contribution in [0.1, 0.15) is 110 Å². The number of primary amides is 1. The number of unbranched alkanes of at least 4 members (excludes halogenated alkanes) is 2. The van der Waals surface area contributed by atoms with E-state index in [4.69, 9.17) is 22.9 Å². The number of carbonyl (C=O) groups is 9. The van der Waals surface area contributed by atoms with Gasteiger partial charge in [0.2, 0.25) is 29.5 Å². The number of Topliss-reactive ketones (excluding diaryl/α,β-unsaturated/α-hetero) is 3. The van der Waals surface area contributed by atoms with E-state index in [0.29, 0.717) is 37.0 Å². The number of aliphatic hydroxyl groups excluding tert-OH is 2. The number of nitrogens with one attached hydrogen (secondary N) is 4. The van der Waals surface area contributed by atoms with Crippen LogP contribution < -0.4 is 44.2 Å². The Morgan fingerprint density at radius 2 is 1.21 bits per heavy atom. The van der Waals surface area contributed by atoms with Crippen molar-refractivity contribution in [2.45, 2.75) is 141 Å². The Hall–Kier alpha value is -5.65. The van der Waals surface area contributed by atoms with Crippen molar-refractivity contribution < 1.29 is 63.6 Å². The number of carboxylic acid groups (broad SMARTS) is 1. The molecule has 16 N–H and O–H groups in total. The van der Waals surface area contributed by atoms with E-state index in [1.54, 1.807) is 6.26 Å². The first kappa shape index (κ1) is 62.4. The molecule has 0 heterocycles. The maximum absolute atomic E-state index is 14.4. The van der Waals surface area contributed by atoms with Crippen LogP contribution in [-0.2, 0) is 49.6 Å². The van der Waals surface area contributed by atoms with Crippen LogP contribution in [0.4, 0.5) is 0 Å². The summed E-state index contributed by atoms with van der Waals surface area (Å²) in [6, 6.07) is 0.658. The summed E-state index contributed by atoms with van der Waals surface area (Å²) < 4.78 is 0. The van der Waals surface area contributed by atoms with Crippen molar-refractivity contribution in [2.75, 3.05) is 31.7 Å². The Bertz CT molecular complexity index is 1900. The number of nitrogens with two attached hydrogens (primary N) is 4. The number of phenolic OH excluding ortho intramolecular Hbond substituents is 1. The van der Waals surface area contributed by atoms with E-state index in [1.807, 2.05) is 6.92 Å². The first-order valence-electron chi connectivity index (χ1n) is 23.7. The van der Waals surface area contributed by atoms with Crippen LogP contribution >= 0.6 is 11.8 Å². The average Bonchev–Trinajstić information content (AvgIpc) is 3.30. The standard InChI is InChI=1S/C47H77N9O13S/c1-5-6-12-35(42(49)65)54-44(67)31(11-9-19-52-47(50)51)23-38(60)36(21-29-13-15-32(59)16-14-29)55-45(68)30(10-7-8-18-48)22-39(61)37(25-41(63)64)56-46(69)33(28(3)58)24-40(62)34(17-20-70-4)53-43(66)27(2)26-57/h13-16,27-28,30-31,33-37,57-59H,5-12,17-26,48H2,1-4H3,(H2,49,65)(H,53,66)(H,54,67)(H,55,68)(H,56,69)(H,63,64)(H4,50,51,52)/t27-,28+,30+,31+,33-,34-,35-,36-,37-/m0/s1. The lowest BCUT2D eigenvalue weighted by Crippen LogP contribution is -2.50. The number of phenols is 1. The number of thioether (sulfide) groups is 1. The molecule has 5 amide bonds. The van der Waals surface area contributed by atoms with Crippen LogP contribution in [0.2, 0.25) is 0 Å². The van der Waals surface area contributed by atoms with E-state index in [9.17, 15) is 63.6 Å². The molecule has 0 unspecified atom stereocenters. The number of aliphatic imine (C=N–C) groups is 1. The van der Waals surface area contributed by atoms with E-state index in [0.717, 1.165) is 0 Å². The zero-order valence-corrected chi connectivity index (χ0v) is 41.7. The molecule has 394 valence electrons. The minimum atomic E-state index is -1.74. The van der Waals surface area contributed by atoms with Gasteiger partial charge in [-0.05, 0) is 88.1 Å². The highest BCUT2D eigenvalue weighted by Gasteiger charge is 2.36. The Balaban J connectivity index is 3.58. The predicted molar refractivity (Wildman–Crippen MR) is 264 cm³/mol. The lowest BCUT2D eigenvalue weighted by Gasteiger charge is -2.27. The number of ketones is 3. The third-order valence-electron chi connectivity index (χ3n) is 11.7. The normalized spacial score (nSPS) is 15.0. The second-order valence-corrected chi connectivity index (χ2v) is 18.6. The molecule has 0 saturated heterocycles. The molecule has 0 saturated carbocycles. The van der Waals surface area contributed by atoms with Gasteiger partial charge in [-0.25, -0.2) is 0 Å². The minimum Gasteiger partial charge on any atom is -0.508 e. The van der Waals surface area contributed by atoms with Gasteiger partial charge < -0.3 is 64.6 Å². The Morgan fingerprint density at radius 3 is 1.73 bits per heavy atom. The van der Waals surface area contributed by atoms with Crippen molar-refractivity contribution in [1.82, 2.24) is 21.3 Å². The van der Waals surface area contributed by atoms with Crippen molar-refractivity contribution >= 4 is 70.6 Å². The SMILES string of the molecule is CCCC[C@H](NC(=O)[C@H](CCCN=C(N)N)CC(=O)[C@H](Cc1ccc(O)cc1)NC(=O)[C@H](CCCCN)CC(=O)[C@H](CC(=O)O)NC(=O)[C@@H](CC(=O)[C@H](CCSC)NC(=O)[C@@H](C)CO)[C@@H](C)O)C(N)=O. The smallest absolute Gasteiger partial charge is 0.305 e. The van der Waals surface area contributed by atoms with Gasteiger partial charge in [0.05, 0.1) is 49.1 Å². The fraction of sp³-hybridized carbons (Fsp3) is 0.660. The highest BCUT2D eigenvalue weighted by Crippen LogP contribution is 2.22. The summed E-state index contributed by atoms with van der Waals surface area (Å²) >= 11 is 1.39. The third-order valence-corrected chi connectivity index (χ3v) is 12.3. The molecule has 9 atom stereocenters. The molecule has 0 radical (unpaired) electrons. The van der Waals surface area contributed by atoms with Crippen LogP contribution in [0.15, 0.2) is 29.3 Å². The molecule has 70 heavy (non-hydrogen) atoms. The molecule has 0 bridgehead atoms. The predicted octanol–water partition coefficient (Wildman–Crippen LogP) is -0.305. The number of rotatable bonds is 38. The second kappa shape index (κ2) is 33.8. The summed E-state index contributed by atoms with van der Waals surface area (Å²) in [5.74, 6) is -11.8. The minimum absolute atomic E-state index is 0.0353. The number of guanidine groups is 1. The molecule has 23 heteroatoms. The maximum Gasteiger partial charge on any atom is 0.305 e. The molecule has 0 aliphatic heterocycles. The number of aliphatic hydroxyl groups is 2. The highest BCUT2D eigenvalue weighted by molar-refractivity contribution is 7.98. The van der Waals surface area contributed by atoms with Crippen LogP contribution in [0.5, 0.6) is 5.75 Å². The van der Waals surface area contributed by atoms with E-state index < -0.39 is 139 Å². The zero-order chi connectivity index (χ0) is 52.9. The molecule has 1 rings (SSSR count). The van der Waals surface area contributed by atoms with Crippen molar-refractivity contribution in [3.8, 4) is 5.75 Å². The molecule has 0 aromatic heterocycles. The summed E-state index contributed by atoms with van der Waals surface area (Å²) in [6.07, 6.45) is 0.431. The Kier molecular flexibility index (Phi) is 30.1. The van der Waals surface area contributed by atoms with Gasteiger partial charge in [0.1, 0.15) is 11.8 Å². The van der Waals surface area contributed by atoms with Crippen molar-refractivity contribution in [1.29, 1.82) is 0 Å². The zero-order valence-electron chi connectivity index (χ0n) is 40.9. The van der Waals surface area contributed by atoms with Crippen molar-refractivity contribution in [3.05, 3.63) is 29.8 Å². The quantitative estimate of drug-likeness (QED) is 0.0230. The molecular formula is C47H77N9O13S. The molecule has 1 aromatic rings. The number of carboxylic acids is 1. The topological polar surface area (TPSA) is 399 Å². The third kappa shape index (κ3) is 24.3. The van der Waals surface area contributed by atoms with Crippen LogP contribution in [0, 0.1) is 23.7 Å². The largest absolute Gasteiger partial charge is 0.508 e. The van der Waals surface area contributed by atoms with Crippen molar-refractivity contribution in [3.63, 3.8) is 0 Å². The van der Waals surface area contributed by atoms with Crippen LogP contribution in [-0.4, -0.2) is 141 Å². The molecule has 0 spiro atoms. The molecule has 1 aromatic carbocycles. The van der Waals surface area contributed by atoms with E-state index in [-0.39, 0.29) is 63.3 Å². The first-order chi connectivity index (χ1) is 33.1. The lowest BCUT2D eigenvalue weighted by molar-refractivity contribution is -0.142.